The number of benzene rings is 2. The van der Waals surface area contributed by atoms with Crippen LogP contribution < -0.4 is 5.30 Å². The summed E-state index contributed by atoms with van der Waals surface area (Å²) in [5, 5.41) is 0.745. The van der Waals surface area contributed by atoms with E-state index < -0.39 is 13.8 Å². The molecule has 2 aromatic rings. The Kier molecular flexibility index (Phi) is 6.10. The monoisotopic (exact) mass is 408 g/mol. The quantitative estimate of drug-likeness (QED) is 0.580. The summed E-state index contributed by atoms with van der Waals surface area (Å²) in [6.07, 6.45) is 0. The van der Waals surface area contributed by atoms with E-state index in [-0.39, 0.29) is 10.8 Å². The van der Waals surface area contributed by atoms with Crippen LogP contribution in [0.25, 0.3) is 11.1 Å². The molecule has 1 unspecified atom stereocenters. The molecule has 0 saturated carbocycles. The van der Waals surface area contributed by atoms with Crippen LogP contribution in [0, 0.1) is 0 Å². The van der Waals surface area contributed by atoms with Crippen molar-refractivity contribution in [1.29, 1.82) is 0 Å². The molecule has 0 heterocycles. The fraction of sp³-hybridized carbons (Fsp3) is 0.400. The van der Waals surface area contributed by atoms with Gasteiger partial charge in [0, 0.05) is 5.30 Å². The van der Waals surface area contributed by atoms with Crippen LogP contribution in [0.2, 0.25) is 0 Å². The van der Waals surface area contributed by atoms with Crippen molar-refractivity contribution in [3.63, 3.8) is 0 Å². The highest BCUT2D eigenvalue weighted by Crippen LogP contribution is 2.33. The van der Waals surface area contributed by atoms with Gasteiger partial charge in [0.15, 0.2) is 6.58 Å². The molecular formula is C20H25OPS3. The van der Waals surface area contributed by atoms with E-state index in [1.807, 2.05) is 24.3 Å². The minimum Gasteiger partial charge on any atom is -0.265 e. The standard InChI is InChI=1S/C20H25OPS3/c1-19(2,3)16-11-15(12-17(13-16)20(4,5)6)14-7-9-18(10-8-14)22(21)25(23)24/h7-13H,1-6H3. The SMILES string of the molecule is CC(C)(C)c1cc(-c2ccc(P(=O)=S(=S)=S)cc2)cc(C(C)(C)C)c1. The normalized spacial score (nSPS) is 12.8. The van der Waals surface area contributed by atoms with E-state index in [0.29, 0.717) is 0 Å². The van der Waals surface area contributed by atoms with Gasteiger partial charge in [0.1, 0.15) is 0 Å². The maximum Gasteiger partial charge on any atom is 0.198 e. The molecule has 0 fully saturated rings. The van der Waals surface area contributed by atoms with E-state index in [2.05, 4.69) is 59.7 Å². The average molecular weight is 409 g/mol. The Bertz CT molecular complexity index is 927. The van der Waals surface area contributed by atoms with Gasteiger partial charge in [-0.25, -0.2) is 0 Å². The van der Waals surface area contributed by atoms with E-state index in [1.54, 1.807) is 0 Å². The fourth-order valence-corrected chi connectivity index (χ4v) is 5.52. The molecule has 5 heteroatoms. The zero-order valence-electron chi connectivity index (χ0n) is 15.6. The third-order valence-corrected chi connectivity index (χ3v) is 9.08. The van der Waals surface area contributed by atoms with Crippen LogP contribution in [0.4, 0.5) is 0 Å². The van der Waals surface area contributed by atoms with Gasteiger partial charge >= 0.3 is 0 Å². The van der Waals surface area contributed by atoms with Gasteiger partial charge in [0.05, 0.1) is 0 Å². The Hall–Kier alpha value is -0.800. The molecule has 25 heavy (non-hydrogen) atoms. The summed E-state index contributed by atoms with van der Waals surface area (Å²) in [6.45, 7) is 11.8. The first-order chi connectivity index (χ1) is 11.4. The van der Waals surface area contributed by atoms with Gasteiger partial charge in [0.2, 0.25) is 0 Å². The van der Waals surface area contributed by atoms with Crippen LogP contribution >= 0.6 is 6.58 Å². The van der Waals surface area contributed by atoms with Crippen LogP contribution in [-0.2, 0) is 45.0 Å². The van der Waals surface area contributed by atoms with Gasteiger partial charge in [-0.3, -0.25) is 4.57 Å². The molecule has 2 aromatic carbocycles. The van der Waals surface area contributed by atoms with E-state index in [9.17, 15) is 4.57 Å². The molecule has 0 aliphatic rings. The summed E-state index contributed by atoms with van der Waals surface area (Å²) in [6, 6.07) is 14.7. The summed E-state index contributed by atoms with van der Waals surface area (Å²) in [5.41, 5.74) is 5.12. The van der Waals surface area contributed by atoms with Crippen molar-refractivity contribution in [2.24, 2.45) is 0 Å². The highest BCUT2D eigenvalue weighted by atomic mass is 33.2. The first-order valence-electron chi connectivity index (χ1n) is 8.23. The summed E-state index contributed by atoms with van der Waals surface area (Å²) < 4.78 is 12.1. The lowest BCUT2D eigenvalue weighted by atomic mass is 9.79. The zero-order valence-corrected chi connectivity index (χ0v) is 19.0. The van der Waals surface area contributed by atoms with Crippen LogP contribution in [0.3, 0.4) is 0 Å². The van der Waals surface area contributed by atoms with Crippen molar-refractivity contribution in [3.8, 4) is 11.1 Å². The Labute approximate surface area is 162 Å². The lowest BCUT2D eigenvalue weighted by Gasteiger charge is -2.26. The second-order valence-electron chi connectivity index (χ2n) is 8.32. The van der Waals surface area contributed by atoms with Crippen molar-refractivity contribution in [1.82, 2.24) is 0 Å². The first-order valence-corrected chi connectivity index (χ1v) is 13.2. The maximum atomic E-state index is 12.1. The maximum absolute atomic E-state index is 12.1. The Morgan fingerprint density at radius 3 is 1.56 bits per heavy atom. The van der Waals surface area contributed by atoms with Crippen LogP contribution in [0.5, 0.6) is 0 Å². The lowest BCUT2D eigenvalue weighted by molar-refractivity contribution is 0.569. The smallest absolute Gasteiger partial charge is 0.198 e. The van der Waals surface area contributed by atoms with Crippen molar-refractivity contribution < 1.29 is 4.57 Å². The molecule has 0 radical (unpaired) electrons. The van der Waals surface area contributed by atoms with Gasteiger partial charge in [-0.1, -0.05) is 71.9 Å². The lowest BCUT2D eigenvalue weighted by Crippen LogP contribution is -2.16. The molecule has 0 spiro atoms. The van der Waals surface area contributed by atoms with Crippen molar-refractivity contribution in [2.75, 3.05) is 0 Å². The predicted molar refractivity (Wildman–Crippen MR) is 119 cm³/mol. The molecule has 0 bridgehead atoms. The van der Waals surface area contributed by atoms with E-state index in [1.165, 1.54) is 16.7 Å². The van der Waals surface area contributed by atoms with E-state index in [4.69, 9.17) is 22.4 Å². The summed E-state index contributed by atoms with van der Waals surface area (Å²) >= 11 is 9.97. The molecule has 134 valence electrons. The van der Waals surface area contributed by atoms with Crippen molar-refractivity contribution in [2.45, 2.75) is 52.4 Å². The average Bonchev–Trinajstić information content (AvgIpc) is 2.52. The Balaban J connectivity index is 2.62. The third kappa shape index (κ3) is 5.10. The zero-order chi connectivity index (χ0) is 19.0. The van der Waals surface area contributed by atoms with Crippen LogP contribution in [0.15, 0.2) is 42.5 Å². The second-order valence-corrected chi connectivity index (χ2v) is 16.0. The number of hydrogen-bond donors (Lipinski definition) is 0. The Morgan fingerprint density at radius 2 is 1.20 bits per heavy atom. The van der Waals surface area contributed by atoms with Gasteiger partial charge in [-0.2, -0.15) is 0 Å². The predicted octanol–water partition coefficient (Wildman–Crippen LogP) is 5.86. The molecule has 0 saturated heterocycles. The van der Waals surface area contributed by atoms with Crippen molar-refractivity contribution in [3.05, 3.63) is 53.6 Å². The molecule has 0 aliphatic heterocycles. The number of hydrogen-bond acceptors (Lipinski definition) is 3. The fourth-order valence-electron chi connectivity index (χ4n) is 2.52. The molecule has 0 amide bonds. The molecule has 0 aromatic heterocycles. The summed E-state index contributed by atoms with van der Waals surface area (Å²) in [4.78, 5) is 0. The summed E-state index contributed by atoms with van der Waals surface area (Å²) in [7, 11) is -0.917. The second kappa shape index (κ2) is 7.44. The highest BCUT2D eigenvalue weighted by molar-refractivity contribution is 8.57. The minimum atomic E-state index is -1.66. The Morgan fingerprint density at radius 1 is 0.760 bits per heavy atom. The van der Waals surface area contributed by atoms with Gasteiger partial charge < -0.3 is 0 Å². The first kappa shape index (κ1) is 20.5. The minimum absolute atomic E-state index is 0.0816. The van der Waals surface area contributed by atoms with Gasteiger partial charge in [0.25, 0.3) is 0 Å². The van der Waals surface area contributed by atoms with Crippen LogP contribution in [-0.4, -0.2) is 0 Å². The highest BCUT2D eigenvalue weighted by Gasteiger charge is 2.20. The van der Waals surface area contributed by atoms with Crippen LogP contribution in [0.1, 0.15) is 52.7 Å². The van der Waals surface area contributed by atoms with E-state index in [0.717, 1.165) is 10.9 Å². The number of rotatable bonds is 2. The molecule has 2 rings (SSSR count). The van der Waals surface area contributed by atoms with E-state index >= 15 is 0 Å². The molecule has 1 nitrogen and oxygen atoms in total. The topological polar surface area (TPSA) is 17.1 Å². The molecule has 0 aliphatic carbocycles. The molecular weight excluding hydrogens is 383 g/mol. The third-order valence-electron chi connectivity index (χ3n) is 4.21. The van der Waals surface area contributed by atoms with Gasteiger partial charge in [-0.15, -0.1) is 0 Å². The molecule has 0 N–H and O–H groups in total. The summed E-state index contributed by atoms with van der Waals surface area (Å²) in [5.74, 6) is 0. The largest absolute Gasteiger partial charge is 0.265 e. The van der Waals surface area contributed by atoms with Crippen molar-refractivity contribution >= 4 is 41.4 Å². The molecule has 1 atom stereocenters. The van der Waals surface area contributed by atoms with Gasteiger partial charge in [-0.05, 0) is 74.8 Å².